The molecule has 2 heteroatoms. The highest BCUT2D eigenvalue weighted by molar-refractivity contribution is 6.28. The molecule has 6 aromatic carbocycles. The van der Waals surface area contributed by atoms with Crippen LogP contribution in [0.25, 0.3) is 77.1 Å². The van der Waals surface area contributed by atoms with Crippen LogP contribution < -0.4 is 0 Å². The van der Waals surface area contributed by atoms with Gasteiger partial charge in [0, 0.05) is 23.5 Å². The standard InChI is InChI=1S/C42H32N2/c1-42(2,3)33-19-14-28(15-20-33)37-25-36(34-21-16-30-7-6-8-31-17-22-35(37)41(34)40(30)31)27-10-12-29(13-11-27)39-23-18-32(26-44-39)38-9-4-5-24-43-38/h4-26H,1-3H3. The van der Waals surface area contributed by atoms with Crippen LogP contribution in [0.15, 0.2) is 140 Å². The van der Waals surface area contributed by atoms with Crippen molar-refractivity contribution in [3.05, 3.63) is 145 Å². The van der Waals surface area contributed by atoms with Gasteiger partial charge in [-0.2, -0.15) is 0 Å². The van der Waals surface area contributed by atoms with E-state index in [1.54, 1.807) is 0 Å². The zero-order valence-corrected chi connectivity index (χ0v) is 25.2. The second-order valence-electron chi connectivity index (χ2n) is 12.7. The molecular formula is C42H32N2. The molecule has 2 aromatic heterocycles. The molecule has 0 unspecified atom stereocenters. The monoisotopic (exact) mass is 564 g/mol. The van der Waals surface area contributed by atoms with E-state index in [2.05, 4.69) is 135 Å². The molecule has 2 nitrogen and oxygen atoms in total. The summed E-state index contributed by atoms with van der Waals surface area (Å²) in [5.41, 5.74) is 10.4. The Kier molecular flexibility index (Phi) is 6.06. The van der Waals surface area contributed by atoms with Gasteiger partial charge in [-0.3, -0.25) is 9.97 Å². The van der Waals surface area contributed by atoms with Crippen molar-refractivity contribution in [3.8, 4) is 44.8 Å². The van der Waals surface area contributed by atoms with Gasteiger partial charge in [0.2, 0.25) is 0 Å². The van der Waals surface area contributed by atoms with E-state index in [4.69, 9.17) is 4.98 Å². The highest BCUT2D eigenvalue weighted by atomic mass is 14.7. The van der Waals surface area contributed by atoms with E-state index in [1.807, 2.05) is 30.6 Å². The lowest BCUT2D eigenvalue weighted by Crippen LogP contribution is -2.10. The number of pyridine rings is 2. The van der Waals surface area contributed by atoms with E-state index >= 15 is 0 Å². The van der Waals surface area contributed by atoms with Crippen LogP contribution in [0, 0.1) is 0 Å². The van der Waals surface area contributed by atoms with Gasteiger partial charge in [0.25, 0.3) is 0 Å². The second kappa shape index (κ2) is 10.1. The van der Waals surface area contributed by atoms with Crippen LogP contribution in [-0.2, 0) is 5.41 Å². The van der Waals surface area contributed by atoms with Crippen LogP contribution in [0.3, 0.4) is 0 Å². The minimum absolute atomic E-state index is 0.113. The molecule has 44 heavy (non-hydrogen) atoms. The predicted octanol–water partition coefficient (Wildman–Crippen LogP) is 11.3. The van der Waals surface area contributed by atoms with Gasteiger partial charge < -0.3 is 0 Å². The summed E-state index contributed by atoms with van der Waals surface area (Å²) in [6.07, 6.45) is 3.72. The third kappa shape index (κ3) is 4.42. The van der Waals surface area contributed by atoms with Gasteiger partial charge >= 0.3 is 0 Å². The van der Waals surface area contributed by atoms with Gasteiger partial charge in [-0.1, -0.05) is 118 Å². The zero-order valence-electron chi connectivity index (χ0n) is 25.2. The third-order valence-electron chi connectivity index (χ3n) is 8.92. The first kappa shape index (κ1) is 26.3. The third-order valence-corrected chi connectivity index (χ3v) is 8.92. The summed E-state index contributed by atoms with van der Waals surface area (Å²) in [4.78, 5) is 9.23. The molecule has 0 bridgehead atoms. The molecule has 0 aliphatic rings. The van der Waals surface area contributed by atoms with Gasteiger partial charge in [0.05, 0.1) is 11.4 Å². The maximum Gasteiger partial charge on any atom is 0.0717 e. The quantitative estimate of drug-likeness (QED) is 0.199. The van der Waals surface area contributed by atoms with Crippen molar-refractivity contribution in [1.82, 2.24) is 9.97 Å². The number of benzene rings is 6. The minimum Gasteiger partial charge on any atom is -0.256 e. The first-order valence-corrected chi connectivity index (χ1v) is 15.2. The second-order valence-corrected chi connectivity index (χ2v) is 12.7. The molecule has 210 valence electrons. The summed E-state index contributed by atoms with van der Waals surface area (Å²) in [6, 6.07) is 46.3. The van der Waals surface area contributed by atoms with Crippen LogP contribution in [-0.4, -0.2) is 9.97 Å². The van der Waals surface area contributed by atoms with E-state index in [1.165, 1.54) is 60.1 Å². The highest BCUT2D eigenvalue weighted by Crippen LogP contribution is 2.44. The topological polar surface area (TPSA) is 25.8 Å². The molecule has 0 fully saturated rings. The van der Waals surface area contributed by atoms with Crippen LogP contribution in [0.2, 0.25) is 0 Å². The maximum absolute atomic E-state index is 4.77. The molecule has 0 spiro atoms. The van der Waals surface area contributed by atoms with Crippen molar-refractivity contribution >= 4 is 32.3 Å². The summed E-state index contributed by atoms with van der Waals surface area (Å²) in [7, 11) is 0. The van der Waals surface area contributed by atoms with Gasteiger partial charge in [0.15, 0.2) is 0 Å². The molecule has 8 aromatic rings. The summed E-state index contributed by atoms with van der Waals surface area (Å²) >= 11 is 0. The summed E-state index contributed by atoms with van der Waals surface area (Å²) in [5, 5.41) is 7.81. The fourth-order valence-corrected chi connectivity index (χ4v) is 6.53. The number of nitrogens with zero attached hydrogens (tertiary/aromatic N) is 2. The summed E-state index contributed by atoms with van der Waals surface area (Å²) in [6.45, 7) is 6.80. The van der Waals surface area contributed by atoms with Crippen LogP contribution in [0.4, 0.5) is 0 Å². The lowest BCUT2D eigenvalue weighted by Gasteiger charge is -2.21. The first-order chi connectivity index (χ1) is 21.4. The maximum atomic E-state index is 4.77. The van der Waals surface area contributed by atoms with Crippen molar-refractivity contribution in [3.63, 3.8) is 0 Å². The summed E-state index contributed by atoms with van der Waals surface area (Å²) in [5.74, 6) is 0. The van der Waals surface area contributed by atoms with E-state index in [-0.39, 0.29) is 5.41 Å². The Labute approximate surface area is 258 Å². The normalized spacial score (nSPS) is 12.0. The lowest BCUT2D eigenvalue weighted by molar-refractivity contribution is 0.590. The average molecular weight is 565 g/mol. The van der Waals surface area contributed by atoms with Crippen LogP contribution in [0.1, 0.15) is 26.3 Å². The van der Waals surface area contributed by atoms with E-state index < -0.39 is 0 Å². The minimum atomic E-state index is 0.113. The van der Waals surface area contributed by atoms with Crippen molar-refractivity contribution < 1.29 is 0 Å². The van der Waals surface area contributed by atoms with Crippen molar-refractivity contribution in [2.24, 2.45) is 0 Å². The molecule has 0 atom stereocenters. The fourth-order valence-electron chi connectivity index (χ4n) is 6.53. The van der Waals surface area contributed by atoms with E-state index in [9.17, 15) is 0 Å². The van der Waals surface area contributed by atoms with Gasteiger partial charge in [-0.05, 0) is 95.9 Å². The number of hydrogen-bond acceptors (Lipinski definition) is 2. The van der Waals surface area contributed by atoms with Crippen molar-refractivity contribution in [2.45, 2.75) is 26.2 Å². The molecule has 0 aliphatic carbocycles. The molecule has 0 saturated heterocycles. The van der Waals surface area contributed by atoms with E-state index in [0.29, 0.717) is 0 Å². The Morgan fingerprint density at radius 3 is 1.61 bits per heavy atom. The molecule has 0 amide bonds. The van der Waals surface area contributed by atoms with Crippen LogP contribution in [0.5, 0.6) is 0 Å². The Balaban J connectivity index is 1.27. The molecular weight excluding hydrogens is 532 g/mol. The van der Waals surface area contributed by atoms with Gasteiger partial charge in [0.1, 0.15) is 0 Å². The van der Waals surface area contributed by atoms with Crippen molar-refractivity contribution in [1.29, 1.82) is 0 Å². The smallest absolute Gasteiger partial charge is 0.0717 e. The average Bonchev–Trinajstić information content (AvgIpc) is 3.07. The summed E-state index contributed by atoms with van der Waals surface area (Å²) < 4.78 is 0. The first-order valence-electron chi connectivity index (χ1n) is 15.2. The molecule has 2 heterocycles. The fraction of sp³-hybridized carbons (Fsp3) is 0.0952. The zero-order chi connectivity index (χ0) is 29.8. The largest absolute Gasteiger partial charge is 0.256 e. The Bertz CT molecular complexity index is 2240. The number of rotatable bonds is 4. The highest BCUT2D eigenvalue weighted by Gasteiger charge is 2.18. The molecule has 0 aliphatic heterocycles. The van der Waals surface area contributed by atoms with Gasteiger partial charge in [-0.25, -0.2) is 0 Å². The van der Waals surface area contributed by atoms with E-state index in [0.717, 1.165) is 22.5 Å². The SMILES string of the molecule is CC(C)(C)c1ccc(-c2cc(-c3ccc(-c4ccc(-c5ccccn5)cn4)cc3)c3ccc4cccc5ccc2c3c45)cc1. The van der Waals surface area contributed by atoms with Crippen molar-refractivity contribution in [2.75, 3.05) is 0 Å². The Morgan fingerprint density at radius 1 is 0.455 bits per heavy atom. The molecule has 0 radical (unpaired) electrons. The predicted molar refractivity (Wildman–Crippen MR) is 186 cm³/mol. The molecule has 0 N–H and O–H groups in total. The number of hydrogen-bond donors (Lipinski definition) is 0. The van der Waals surface area contributed by atoms with Gasteiger partial charge in [-0.15, -0.1) is 0 Å². The number of aromatic nitrogens is 2. The Hall–Kier alpha value is -5.34. The molecule has 0 saturated carbocycles. The lowest BCUT2D eigenvalue weighted by atomic mass is 9.83. The Morgan fingerprint density at radius 2 is 1.05 bits per heavy atom. The van der Waals surface area contributed by atoms with Crippen LogP contribution >= 0.6 is 0 Å². The molecule has 8 rings (SSSR count).